The lowest BCUT2D eigenvalue weighted by atomic mass is 9.99. The number of nitrogens with zero attached hydrogens (tertiary/aromatic N) is 1. The second-order valence-electron chi connectivity index (χ2n) is 4.24. The van der Waals surface area contributed by atoms with Gasteiger partial charge in [0.2, 0.25) is 0 Å². The molecule has 13 heavy (non-hydrogen) atoms. The minimum atomic E-state index is 0.726. The molecular weight excluding hydrogens is 162 g/mol. The van der Waals surface area contributed by atoms with E-state index in [9.17, 15) is 0 Å². The predicted octanol–water partition coefficient (Wildman–Crippen LogP) is 0.162. The molecule has 2 unspecified atom stereocenters. The Morgan fingerprint density at radius 3 is 3.00 bits per heavy atom. The summed E-state index contributed by atoms with van der Waals surface area (Å²) in [7, 11) is 0. The molecule has 0 spiro atoms. The molecule has 2 rings (SSSR count). The Morgan fingerprint density at radius 1 is 1.23 bits per heavy atom. The molecule has 3 nitrogen and oxygen atoms in total. The average molecular weight is 183 g/mol. The third-order valence-corrected chi connectivity index (χ3v) is 3.41. The van der Waals surface area contributed by atoms with Crippen LogP contribution in [0.5, 0.6) is 0 Å². The molecule has 2 aliphatic heterocycles. The molecule has 2 saturated heterocycles. The van der Waals surface area contributed by atoms with E-state index in [1.165, 1.54) is 38.8 Å². The third-order valence-electron chi connectivity index (χ3n) is 3.41. The van der Waals surface area contributed by atoms with E-state index in [4.69, 9.17) is 5.73 Å². The molecule has 2 fully saturated rings. The lowest BCUT2D eigenvalue weighted by Gasteiger charge is -2.32. The van der Waals surface area contributed by atoms with Crippen LogP contribution in [-0.4, -0.2) is 43.2 Å². The first-order valence-electron chi connectivity index (χ1n) is 5.59. The van der Waals surface area contributed by atoms with Crippen LogP contribution in [0.3, 0.4) is 0 Å². The van der Waals surface area contributed by atoms with E-state index in [0.717, 1.165) is 25.2 Å². The van der Waals surface area contributed by atoms with E-state index in [1.54, 1.807) is 0 Å². The molecule has 0 aliphatic carbocycles. The molecule has 2 atom stereocenters. The van der Waals surface area contributed by atoms with Crippen molar-refractivity contribution < 1.29 is 0 Å². The van der Waals surface area contributed by atoms with Crippen molar-refractivity contribution >= 4 is 0 Å². The number of hydrogen-bond donors (Lipinski definition) is 2. The summed E-state index contributed by atoms with van der Waals surface area (Å²) in [4.78, 5) is 2.65. The molecule has 3 N–H and O–H groups in total. The number of hydrogen-bond acceptors (Lipinski definition) is 3. The van der Waals surface area contributed by atoms with Crippen LogP contribution in [0.4, 0.5) is 0 Å². The second-order valence-corrected chi connectivity index (χ2v) is 4.24. The first kappa shape index (κ1) is 9.44. The van der Waals surface area contributed by atoms with Crippen molar-refractivity contribution in [1.29, 1.82) is 0 Å². The molecular formula is C10H21N3. The Hall–Kier alpha value is -0.120. The smallest absolute Gasteiger partial charge is 0.0249 e. The molecule has 76 valence electrons. The Balaban J connectivity index is 1.84. The van der Waals surface area contributed by atoms with Crippen LogP contribution >= 0.6 is 0 Å². The zero-order chi connectivity index (χ0) is 9.10. The van der Waals surface area contributed by atoms with Crippen LogP contribution in [0.25, 0.3) is 0 Å². The van der Waals surface area contributed by atoms with Crippen LogP contribution in [0.1, 0.15) is 25.7 Å². The van der Waals surface area contributed by atoms with Crippen LogP contribution in [0.15, 0.2) is 0 Å². The van der Waals surface area contributed by atoms with E-state index in [0.29, 0.717) is 0 Å². The van der Waals surface area contributed by atoms with Crippen molar-refractivity contribution in [2.45, 2.75) is 37.8 Å². The molecule has 0 aromatic carbocycles. The van der Waals surface area contributed by atoms with Crippen LogP contribution < -0.4 is 11.1 Å². The monoisotopic (exact) mass is 183 g/mol. The molecule has 0 bridgehead atoms. The van der Waals surface area contributed by atoms with Crippen molar-refractivity contribution in [2.24, 2.45) is 5.73 Å². The summed E-state index contributed by atoms with van der Waals surface area (Å²) in [6, 6.07) is 1.55. The van der Waals surface area contributed by atoms with E-state index in [2.05, 4.69) is 10.2 Å². The topological polar surface area (TPSA) is 41.3 Å². The van der Waals surface area contributed by atoms with Gasteiger partial charge >= 0.3 is 0 Å². The van der Waals surface area contributed by atoms with Gasteiger partial charge in [-0.25, -0.2) is 0 Å². The fourth-order valence-corrected chi connectivity index (χ4v) is 2.75. The fourth-order valence-electron chi connectivity index (χ4n) is 2.75. The summed E-state index contributed by atoms with van der Waals surface area (Å²) in [5, 5.41) is 3.56. The Bertz CT molecular complexity index is 160. The van der Waals surface area contributed by atoms with Gasteiger partial charge in [0.25, 0.3) is 0 Å². The minimum Gasteiger partial charge on any atom is -0.329 e. The first-order valence-corrected chi connectivity index (χ1v) is 5.59. The van der Waals surface area contributed by atoms with E-state index >= 15 is 0 Å². The lowest BCUT2D eigenvalue weighted by molar-refractivity contribution is 0.181. The Labute approximate surface area is 80.7 Å². The van der Waals surface area contributed by atoms with E-state index < -0.39 is 0 Å². The summed E-state index contributed by atoms with van der Waals surface area (Å²) in [5.41, 5.74) is 5.50. The SMILES string of the molecule is NCCNC1CCN2CCCCC12. The largest absolute Gasteiger partial charge is 0.329 e. The third kappa shape index (κ3) is 2.03. The van der Waals surface area contributed by atoms with Crippen molar-refractivity contribution in [1.82, 2.24) is 10.2 Å². The molecule has 0 saturated carbocycles. The van der Waals surface area contributed by atoms with Gasteiger partial charge in [0.1, 0.15) is 0 Å². The standard InChI is InChI=1S/C10H21N3/c11-5-6-12-9-4-8-13-7-2-1-3-10(9)13/h9-10,12H,1-8,11H2. The number of piperidine rings is 1. The number of rotatable bonds is 3. The maximum absolute atomic E-state index is 5.50. The summed E-state index contributed by atoms with van der Waals surface area (Å²) in [6.07, 6.45) is 5.54. The summed E-state index contributed by atoms with van der Waals surface area (Å²) in [5.74, 6) is 0. The summed E-state index contributed by atoms with van der Waals surface area (Å²) in [6.45, 7) is 4.37. The zero-order valence-electron chi connectivity index (χ0n) is 8.34. The van der Waals surface area contributed by atoms with E-state index in [-0.39, 0.29) is 0 Å². The normalized spacial score (nSPS) is 34.8. The van der Waals surface area contributed by atoms with E-state index in [1.807, 2.05) is 0 Å². The van der Waals surface area contributed by atoms with Gasteiger partial charge in [-0.3, -0.25) is 4.90 Å². The molecule has 0 radical (unpaired) electrons. The maximum Gasteiger partial charge on any atom is 0.0249 e. The molecule has 3 heteroatoms. The van der Waals surface area contributed by atoms with Gasteiger partial charge in [-0.1, -0.05) is 6.42 Å². The fraction of sp³-hybridized carbons (Fsp3) is 1.00. The van der Waals surface area contributed by atoms with Crippen LogP contribution in [0, 0.1) is 0 Å². The summed E-state index contributed by atoms with van der Waals surface area (Å²) >= 11 is 0. The Morgan fingerprint density at radius 2 is 2.15 bits per heavy atom. The van der Waals surface area contributed by atoms with Gasteiger partial charge in [0, 0.05) is 31.7 Å². The predicted molar refractivity (Wildman–Crippen MR) is 54.7 cm³/mol. The Kier molecular flexibility index (Phi) is 3.19. The van der Waals surface area contributed by atoms with Gasteiger partial charge in [0.05, 0.1) is 0 Å². The quantitative estimate of drug-likeness (QED) is 0.655. The van der Waals surface area contributed by atoms with Gasteiger partial charge in [-0.2, -0.15) is 0 Å². The van der Waals surface area contributed by atoms with Gasteiger partial charge in [-0.15, -0.1) is 0 Å². The number of fused-ring (bicyclic) bond motifs is 1. The minimum absolute atomic E-state index is 0.726. The molecule has 2 aliphatic rings. The molecule has 0 aromatic rings. The number of nitrogens with one attached hydrogen (secondary N) is 1. The highest BCUT2D eigenvalue weighted by atomic mass is 15.2. The van der Waals surface area contributed by atoms with Crippen LogP contribution in [-0.2, 0) is 0 Å². The highest BCUT2D eigenvalue weighted by Crippen LogP contribution is 2.26. The highest BCUT2D eigenvalue weighted by Gasteiger charge is 2.34. The van der Waals surface area contributed by atoms with Gasteiger partial charge in [-0.05, 0) is 25.8 Å². The molecule has 0 amide bonds. The van der Waals surface area contributed by atoms with Crippen molar-refractivity contribution in [3.8, 4) is 0 Å². The van der Waals surface area contributed by atoms with Crippen LogP contribution in [0.2, 0.25) is 0 Å². The highest BCUT2D eigenvalue weighted by molar-refractivity contribution is 4.93. The zero-order valence-corrected chi connectivity index (χ0v) is 8.34. The first-order chi connectivity index (χ1) is 6.42. The average Bonchev–Trinajstić information content (AvgIpc) is 2.58. The second kappa shape index (κ2) is 4.40. The van der Waals surface area contributed by atoms with Crippen molar-refractivity contribution in [3.05, 3.63) is 0 Å². The lowest BCUT2D eigenvalue weighted by Crippen LogP contribution is -2.45. The van der Waals surface area contributed by atoms with Gasteiger partial charge < -0.3 is 11.1 Å². The van der Waals surface area contributed by atoms with Gasteiger partial charge in [0.15, 0.2) is 0 Å². The number of nitrogens with two attached hydrogens (primary N) is 1. The molecule has 0 aromatic heterocycles. The van der Waals surface area contributed by atoms with Crippen molar-refractivity contribution in [2.75, 3.05) is 26.2 Å². The summed E-state index contributed by atoms with van der Waals surface area (Å²) < 4.78 is 0. The van der Waals surface area contributed by atoms with Crippen molar-refractivity contribution in [3.63, 3.8) is 0 Å². The molecule has 2 heterocycles. The maximum atomic E-state index is 5.50.